The van der Waals surface area contributed by atoms with Gasteiger partial charge in [-0.25, -0.2) is 0 Å². The molecule has 0 aromatic carbocycles. The Morgan fingerprint density at radius 1 is 0.459 bits per heavy atom. The average molecular weight is 1200 g/mol. The Balaban J connectivity index is 4.32. The van der Waals surface area contributed by atoms with Crippen LogP contribution in [0.25, 0.3) is 0 Å². The minimum absolute atomic E-state index is 0.0229. The quantitative estimate of drug-likeness (QED) is 0.148. The number of rotatable bonds is 15. The van der Waals surface area contributed by atoms with E-state index in [4.69, 9.17) is 0 Å². The van der Waals surface area contributed by atoms with E-state index in [1.54, 1.807) is 54.5 Å². The van der Waals surface area contributed by atoms with Crippen LogP contribution < -0.4 is 21.3 Å². The molecule has 1 heterocycles. The van der Waals surface area contributed by atoms with Gasteiger partial charge >= 0.3 is 0 Å². The average Bonchev–Trinajstić information content (AvgIpc) is 3.62. The molecule has 1 saturated heterocycles. The van der Waals surface area contributed by atoms with Crippen LogP contribution in [0, 0.1) is 41.4 Å². The predicted octanol–water partition coefficient (Wildman–Crippen LogP) is 3.27. The van der Waals surface area contributed by atoms with Crippen LogP contribution in [0.15, 0.2) is 12.2 Å². The van der Waals surface area contributed by atoms with E-state index < -0.39 is 156 Å². The largest absolute Gasteiger partial charge is 0.390 e. The highest BCUT2D eigenvalue weighted by molar-refractivity contribution is 5.99. The molecule has 12 atom stereocenters. The summed E-state index contributed by atoms with van der Waals surface area (Å²) in [5, 5.41) is 23.1. The molecule has 23 heteroatoms. The highest BCUT2D eigenvalue weighted by Gasteiger charge is 2.45. The number of aliphatic hydroxyl groups excluding tert-OH is 1. The number of aliphatic hydroxyl groups is 1. The Hall–Kier alpha value is -6.13. The van der Waals surface area contributed by atoms with Gasteiger partial charge in [-0.15, -0.1) is 0 Å². The van der Waals surface area contributed by atoms with Gasteiger partial charge in [0, 0.05) is 49.3 Å². The van der Waals surface area contributed by atoms with Gasteiger partial charge in [0.2, 0.25) is 65.0 Å². The number of nitrogens with one attached hydrogen (secondary N) is 4. The highest BCUT2D eigenvalue weighted by atomic mass is 16.3. The molecule has 0 saturated carbocycles. The molecular weight excluding hydrogens is 1090 g/mol. The van der Waals surface area contributed by atoms with E-state index in [-0.39, 0.29) is 55.8 Å². The lowest BCUT2D eigenvalue weighted by Gasteiger charge is -2.41. The summed E-state index contributed by atoms with van der Waals surface area (Å²) in [4.78, 5) is 169. The maximum Gasteiger partial charge on any atom is 0.246 e. The molecule has 1 aliphatic rings. The SMILES string of the molecule is C/C=C/C[C@@H](C)C(O)[C@H]1C(=O)NC(CC)C(=O)N(C)CC(=O)N(C)[C@@H](CC(C)C)C(=O)N[C@@H](C(C)C)C(=O)N(C)C(CC(C)C)C(=O)N[C@@H](C)C(=O)NC(C)C(=O)N(C)[C@@H](CC(C)C)C(=O)N(C)C(CC(C)C)C(=O)N(C)C(C(C)C)C(=O)N1C. The van der Waals surface area contributed by atoms with Crippen molar-refractivity contribution in [2.24, 2.45) is 41.4 Å². The van der Waals surface area contributed by atoms with Crippen molar-refractivity contribution in [3.63, 3.8) is 0 Å². The fourth-order valence-electron chi connectivity index (χ4n) is 10.7. The summed E-state index contributed by atoms with van der Waals surface area (Å²) in [6.07, 6.45) is 3.04. The van der Waals surface area contributed by atoms with E-state index in [9.17, 15) is 48.3 Å². The number of hydrogen-bond acceptors (Lipinski definition) is 12. The molecule has 1 rings (SSSR count). The third-order valence-corrected chi connectivity index (χ3v) is 16.1. The number of carbonyl (C=O) groups excluding carboxylic acids is 11. The molecule has 0 bridgehead atoms. The van der Waals surface area contributed by atoms with Crippen molar-refractivity contribution in [1.82, 2.24) is 55.6 Å². The van der Waals surface area contributed by atoms with Crippen LogP contribution in [0.4, 0.5) is 0 Å². The second-order valence-corrected chi connectivity index (χ2v) is 26.1. The van der Waals surface area contributed by atoms with Gasteiger partial charge in [0.15, 0.2) is 0 Å². The fourth-order valence-corrected chi connectivity index (χ4v) is 10.7. The van der Waals surface area contributed by atoms with Gasteiger partial charge in [-0.3, -0.25) is 52.7 Å². The molecule has 0 aliphatic carbocycles. The normalized spacial score (nSPS) is 26.9. The zero-order valence-electron chi connectivity index (χ0n) is 56.1. The summed E-state index contributed by atoms with van der Waals surface area (Å²) in [7, 11) is 9.92. The van der Waals surface area contributed by atoms with Crippen molar-refractivity contribution >= 4 is 65.0 Å². The smallest absolute Gasteiger partial charge is 0.246 e. The van der Waals surface area contributed by atoms with Gasteiger partial charge in [0.1, 0.15) is 60.4 Å². The molecule has 486 valence electrons. The third kappa shape index (κ3) is 21.7. The Bertz CT molecular complexity index is 2330. The second kappa shape index (κ2) is 34.9. The standard InChI is InChI=1S/C62H111N11O12/c1-25-27-28-40(15)52(75)51-56(79)65-43(26-2)58(81)67(18)33-48(74)68(19)44(29-34(3)4)55(78)66-49(38(11)12)61(84)69(20)45(30-35(5)6)54(77)63-41(16)53(76)64-42(17)57(80)70(21)46(31-36(7)8)59(82)71(22)47(32-37(9)10)60(83)72(23)50(39(13)14)62(85)73(51)24/h25,27,34-47,49-52,75H,26,28-33H2,1-24H3,(H,63,77)(H,64,76)(H,65,79)(H,66,78)/b27-25+/t40-,41+,42?,43?,44+,45?,46+,47?,49+,50?,51+,52?/m1/s1. The summed E-state index contributed by atoms with van der Waals surface area (Å²) in [5.74, 6) is -9.71. The van der Waals surface area contributed by atoms with E-state index in [1.807, 2.05) is 61.5 Å². The van der Waals surface area contributed by atoms with Gasteiger partial charge in [0.25, 0.3) is 0 Å². The van der Waals surface area contributed by atoms with Crippen LogP contribution in [0.2, 0.25) is 0 Å². The first-order valence-electron chi connectivity index (χ1n) is 30.6. The lowest BCUT2D eigenvalue weighted by Crippen LogP contribution is -2.63. The number of likely N-dealkylation sites (N-methyl/N-ethyl adjacent to an activating group) is 7. The van der Waals surface area contributed by atoms with E-state index >= 15 is 9.59 Å². The number of amides is 11. The molecule has 0 aromatic rings. The first kappa shape index (κ1) is 76.9. The van der Waals surface area contributed by atoms with Crippen LogP contribution in [0.1, 0.15) is 156 Å². The van der Waals surface area contributed by atoms with Crippen molar-refractivity contribution in [1.29, 1.82) is 0 Å². The summed E-state index contributed by atoms with van der Waals surface area (Å²) in [6.45, 7) is 29.3. The lowest BCUT2D eigenvalue weighted by atomic mass is 9.91. The van der Waals surface area contributed by atoms with E-state index in [0.29, 0.717) is 6.42 Å². The van der Waals surface area contributed by atoms with Crippen LogP contribution in [-0.4, -0.2) is 227 Å². The highest BCUT2D eigenvalue weighted by Crippen LogP contribution is 2.26. The van der Waals surface area contributed by atoms with Crippen LogP contribution in [0.3, 0.4) is 0 Å². The Morgan fingerprint density at radius 2 is 0.871 bits per heavy atom. The minimum Gasteiger partial charge on any atom is -0.390 e. The maximum atomic E-state index is 15.1. The third-order valence-electron chi connectivity index (χ3n) is 16.1. The summed E-state index contributed by atoms with van der Waals surface area (Å²) < 4.78 is 0. The van der Waals surface area contributed by atoms with Crippen molar-refractivity contribution in [2.45, 2.75) is 223 Å². The Morgan fingerprint density at radius 3 is 1.32 bits per heavy atom. The van der Waals surface area contributed by atoms with Gasteiger partial charge in [0.05, 0.1) is 12.6 Å². The zero-order chi connectivity index (χ0) is 66.0. The molecule has 23 nitrogen and oxygen atoms in total. The molecule has 0 spiro atoms. The van der Waals surface area contributed by atoms with E-state index in [1.165, 1.54) is 87.7 Å². The van der Waals surface area contributed by atoms with Gasteiger partial charge in [-0.2, -0.15) is 0 Å². The van der Waals surface area contributed by atoms with Crippen molar-refractivity contribution in [3.05, 3.63) is 12.2 Å². The molecule has 6 unspecified atom stereocenters. The molecule has 11 amide bonds. The predicted molar refractivity (Wildman–Crippen MR) is 328 cm³/mol. The molecule has 1 aliphatic heterocycles. The number of allylic oxidation sites excluding steroid dienone is 2. The second-order valence-electron chi connectivity index (χ2n) is 26.1. The van der Waals surface area contributed by atoms with Gasteiger partial charge < -0.3 is 60.7 Å². The number of hydrogen-bond donors (Lipinski definition) is 5. The van der Waals surface area contributed by atoms with Crippen molar-refractivity contribution in [2.75, 3.05) is 55.9 Å². The van der Waals surface area contributed by atoms with Crippen LogP contribution in [-0.2, 0) is 52.7 Å². The van der Waals surface area contributed by atoms with E-state index in [2.05, 4.69) is 21.3 Å². The monoisotopic (exact) mass is 1200 g/mol. The first-order chi connectivity index (χ1) is 39.2. The van der Waals surface area contributed by atoms with Crippen LogP contribution in [0.5, 0.6) is 0 Å². The Labute approximate surface area is 508 Å². The van der Waals surface area contributed by atoms with Crippen molar-refractivity contribution < 1.29 is 57.8 Å². The first-order valence-corrected chi connectivity index (χ1v) is 30.6. The lowest BCUT2D eigenvalue weighted by molar-refractivity contribution is -0.157. The summed E-state index contributed by atoms with van der Waals surface area (Å²) in [5.41, 5.74) is 0. The molecule has 85 heavy (non-hydrogen) atoms. The fraction of sp³-hybridized carbons (Fsp3) is 0.790. The molecule has 5 N–H and O–H groups in total. The molecule has 0 aromatic heterocycles. The topological polar surface area (TPSA) is 279 Å². The molecule has 1 fully saturated rings. The Kier molecular flexibility index (Phi) is 31.5. The summed E-state index contributed by atoms with van der Waals surface area (Å²) >= 11 is 0. The summed E-state index contributed by atoms with van der Waals surface area (Å²) in [6, 6.07) is -12.3. The van der Waals surface area contributed by atoms with Crippen LogP contribution >= 0.6 is 0 Å². The van der Waals surface area contributed by atoms with Gasteiger partial charge in [-0.1, -0.05) is 109 Å². The van der Waals surface area contributed by atoms with E-state index in [0.717, 1.165) is 9.80 Å². The number of nitrogens with zero attached hydrogens (tertiary/aromatic N) is 7. The minimum atomic E-state index is -1.61. The zero-order valence-corrected chi connectivity index (χ0v) is 56.1. The molecular formula is C62H111N11O12. The van der Waals surface area contributed by atoms with Gasteiger partial charge in [-0.05, 0) is 101 Å². The van der Waals surface area contributed by atoms with Crippen molar-refractivity contribution in [3.8, 4) is 0 Å². The molecule has 0 radical (unpaired) electrons. The number of carbonyl (C=O) groups is 11. The maximum absolute atomic E-state index is 15.1.